The Balaban J connectivity index is 1.39. The Morgan fingerprint density at radius 2 is 2.19 bits per heavy atom. The van der Waals surface area contributed by atoms with Gasteiger partial charge in [0.05, 0.1) is 22.1 Å². The van der Waals surface area contributed by atoms with E-state index in [0.717, 1.165) is 22.8 Å². The van der Waals surface area contributed by atoms with E-state index < -0.39 is 28.3 Å². The smallest absolute Gasteiger partial charge is 0.278 e. The normalized spacial score (nSPS) is 19.4. The highest BCUT2D eigenvalue weighted by molar-refractivity contribution is 8.00. The van der Waals surface area contributed by atoms with E-state index in [1.165, 1.54) is 35.1 Å². The molecule has 1 saturated heterocycles. The van der Waals surface area contributed by atoms with Crippen molar-refractivity contribution in [2.75, 3.05) is 18.6 Å². The maximum absolute atomic E-state index is 13.1. The molecular formula is C21H18N8O4S4. The summed E-state index contributed by atoms with van der Waals surface area (Å²) in [5, 5.41) is 7.81. The zero-order valence-electron chi connectivity index (χ0n) is 19.3. The lowest BCUT2D eigenvalue weighted by Gasteiger charge is -2.50. The second-order valence-electron chi connectivity index (χ2n) is 7.85. The van der Waals surface area contributed by atoms with Crippen molar-refractivity contribution in [3.8, 4) is 11.3 Å². The van der Waals surface area contributed by atoms with Crippen LogP contribution in [-0.4, -0.2) is 66.2 Å². The maximum atomic E-state index is 13.1. The van der Waals surface area contributed by atoms with Crippen molar-refractivity contribution >= 4 is 80.6 Å². The number of amides is 2. The zero-order chi connectivity index (χ0) is 26.3. The van der Waals surface area contributed by atoms with Gasteiger partial charge in [0.2, 0.25) is 11.5 Å². The lowest BCUT2D eigenvalue weighted by Crippen LogP contribution is -2.70. The van der Waals surface area contributed by atoms with Crippen LogP contribution in [-0.2, 0) is 38.9 Å². The minimum absolute atomic E-state index is 0.0167. The Morgan fingerprint density at radius 3 is 2.86 bits per heavy atom. The van der Waals surface area contributed by atoms with E-state index in [9.17, 15) is 14.4 Å². The summed E-state index contributed by atoms with van der Waals surface area (Å²) >= 11 is 8.67. The Hall–Kier alpha value is -3.47. The van der Waals surface area contributed by atoms with E-state index in [1.54, 1.807) is 0 Å². The Labute approximate surface area is 228 Å². The molecule has 16 heteroatoms. The first-order valence-electron chi connectivity index (χ1n) is 10.6. The molecule has 0 bridgehead atoms. The highest BCUT2D eigenvalue weighted by atomic mass is 32.2. The summed E-state index contributed by atoms with van der Waals surface area (Å²) in [6.07, 6.45) is 3.86. The van der Waals surface area contributed by atoms with Crippen molar-refractivity contribution in [1.29, 1.82) is 0 Å². The number of nitrogens with one attached hydrogen (secondary N) is 1. The molecule has 190 valence electrons. The van der Waals surface area contributed by atoms with Crippen LogP contribution in [0.1, 0.15) is 10.8 Å². The average Bonchev–Trinajstić information content (AvgIpc) is 3.54. The van der Waals surface area contributed by atoms with Gasteiger partial charge in [0.15, 0.2) is 17.5 Å². The first-order valence-corrected chi connectivity index (χ1v) is 13.7. The van der Waals surface area contributed by atoms with Crippen molar-refractivity contribution in [2.45, 2.75) is 11.4 Å². The second-order valence-corrected chi connectivity index (χ2v) is 11.0. The highest BCUT2D eigenvalue weighted by Crippen LogP contribution is 2.44. The van der Waals surface area contributed by atoms with Crippen molar-refractivity contribution in [3.63, 3.8) is 0 Å². The number of oxime groups is 1. The molecule has 3 aromatic heterocycles. The van der Waals surface area contributed by atoms with Crippen molar-refractivity contribution < 1.29 is 23.8 Å². The van der Waals surface area contributed by atoms with Gasteiger partial charge in [-0.1, -0.05) is 5.16 Å². The van der Waals surface area contributed by atoms with Crippen LogP contribution in [0.4, 0.5) is 5.13 Å². The third-order valence-electron chi connectivity index (χ3n) is 5.50. The van der Waals surface area contributed by atoms with Gasteiger partial charge < -0.3 is 33.3 Å². The Morgan fingerprint density at radius 1 is 1.38 bits per heavy atom. The summed E-state index contributed by atoms with van der Waals surface area (Å²) < 4.78 is 5.89. The number of aromatic nitrogens is 4. The van der Waals surface area contributed by atoms with Gasteiger partial charge in [0, 0.05) is 34.3 Å². The molecule has 0 saturated carbocycles. The van der Waals surface area contributed by atoms with Crippen LogP contribution in [0.2, 0.25) is 0 Å². The van der Waals surface area contributed by atoms with Gasteiger partial charge in [0.25, 0.3) is 11.8 Å². The molecule has 2 aliphatic heterocycles. The van der Waals surface area contributed by atoms with Gasteiger partial charge >= 0.3 is 0 Å². The first-order chi connectivity index (χ1) is 17.8. The number of aryl methyl sites for hydroxylation is 1. The number of rotatable bonds is 7. The number of hydrogen-bond acceptors (Lipinski definition) is 13. The lowest BCUT2D eigenvalue weighted by molar-refractivity contribution is -0.671. The summed E-state index contributed by atoms with van der Waals surface area (Å²) in [5.41, 5.74) is 7.79. The molecule has 1 fully saturated rings. The fourth-order valence-electron chi connectivity index (χ4n) is 3.87. The number of thiazole rings is 1. The molecule has 3 aromatic rings. The van der Waals surface area contributed by atoms with E-state index in [1.807, 2.05) is 41.5 Å². The van der Waals surface area contributed by atoms with Gasteiger partial charge in [-0.2, -0.15) is 9.36 Å². The summed E-state index contributed by atoms with van der Waals surface area (Å²) in [6.45, 7) is 0. The summed E-state index contributed by atoms with van der Waals surface area (Å²) in [7, 11) is 3.19. The molecule has 37 heavy (non-hydrogen) atoms. The third kappa shape index (κ3) is 4.68. The number of nitrogens with zero attached hydrogens (tertiary/aromatic N) is 6. The number of carbonyl (C=O) groups is 3. The molecule has 12 nitrogen and oxygen atoms in total. The number of nitrogens with two attached hydrogens (primary N) is 1. The number of anilines is 1. The quantitative estimate of drug-likeness (QED) is 0.132. The number of nitrogen functional groups attached to an aromatic ring is 1. The molecule has 5 heterocycles. The molecule has 5 rings (SSSR count). The fourth-order valence-corrected chi connectivity index (χ4v) is 6.84. The molecule has 0 radical (unpaired) electrons. The van der Waals surface area contributed by atoms with Gasteiger partial charge in [-0.3, -0.25) is 14.5 Å². The minimum Gasteiger partial charge on any atom is -0.735 e. The number of thioether (sulfide) groups is 1. The van der Waals surface area contributed by atoms with Crippen LogP contribution in [0, 0.1) is 0 Å². The van der Waals surface area contributed by atoms with Crippen molar-refractivity contribution in [3.05, 3.63) is 46.4 Å². The van der Waals surface area contributed by atoms with Gasteiger partial charge in [0.1, 0.15) is 30.6 Å². The van der Waals surface area contributed by atoms with Crippen LogP contribution < -0.4 is 15.6 Å². The van der Waals surface area contributed by atoms with Crippen molar-refractivity contribution in [1.82, 2.24) is 24.6 Å². The largest absolute Gasteiger partial charge is 0.735 e. The molecule has 2 amide bonds. The summed E-state index contributed by atoms with van der Waals surface area (Å²) in [4.78, 5) is 53.3. The molecule has 0 aromatic carbocycles. The van der Waals surface area contributed by atoms with Crippen LogP contribution in [0.5, 0.6) is 0 Å². The topological polar surface area (TPSA) is 157 Å². The number of β-lactam (4-membered cyclic amide) rings is 1. The van der Waals surface area contributed by atoms with Gasteiger partial charge in [-0.05, 0) is 6.07 Å². The van der Waals surface area contributed by atoms with Crippen LogP contribution >= 0.6 is 34.6 Å². The zero-order valence-corrected chi connectivity index (χ0v) is 22.5. The van der Waals surface area contributed by atoms with Gasteiger partial charge in [-0.15, -0.1) is 23.1 Å². The average molecular weight is 575 g/mol. The van der Waals surface area contributed by atoms with Crippen LogP contribution in [0.15, 0.2) is 40.8 Å². The molecule has 0 aliphatic carbocycles. The Bertz CT molecular complexity index is 1480. The SMILES string of the molecule is CO/N=C(\C(=O)N[C@@H]1C(=O)N2C(C(=O)[S-])=C(c3nc(-c4ccc[n+](C)c4)cs3)CS[C@H]12)c1nsc(N)n1. The minimum atomic E-state index is -0.905. The van der Waals surface area contributed by atoms with Crippen LogP contribution in [0.25, 0.3) is 16.8 Å². The number of hydrogen-bond donors (Lipinski definition) is 2. The van der Waals surface area contributed by atoms with E-state index >= 15 is 0 Å². The molecule has 2 atom stereocenters. The number of carbonyl (C=O) groups excluding carboxylic acids is 3. The summed E-state index contributed by atoms with van der Waals surface area (Å²) in [5.74, 6) is -0.806. The molecule has 3 N–H and O–H groups in total. The predicted octanol–water partition coefficient (Wildman–Crippen LogP) is 0.304. The monoisotopic (exact) mass is 574 g/mol. The third-order valence-corrected chi connectivity index (χ3v) is 8.42. The number of pyridine rings is 1. The van der Waals surface area contributed by atoms with E-state index in [4.69, 9.17) is 28.2 Å². The van der Waals surface area contributed by atoms with Gasteiger partial charge in [-0.25, -0.2) is 9.55 Å². The molecule has 0 unspecified atom stereocenters. The first kappa shape index (κ1) is 25.2. The highest BCUT2D eigenvalue weighted by Gasteiger charge is 2.53. The Kier molecular flexibility index (Phi) is 6.89. The second kappa shape index (κ2) is 10.1. The van der Waals surface area contributed by atoms with Crippen molar-refractivity contribution in [2.24, 2.45) is 12.2 Å². The molecule has 0 spiro atoms. The van der Waals surface area contributed by atoms with E-state index in [2.05, 4.69) is 19.8 Å². The van der Waals surface area contributed by atoms with E-state index in [0.29, 0.717) is 16.3 Å². The number of fused-ring (bicyclic) bond motifs is 1. The van der Waals surface area contributed by atoms with Crippen LogP contribution in [0.3, 0.4) is 0 Å². The standard InChI is InChI=1S/C21H18N8O4S4/c1-28-5-3-4-9(6-28)11-8-35-17(23-11)10-7-36-19-13(18(31)29(19)14(10)20(32)34)24-16(30)12(26-33-2)15-25-21(22)37-27-15/h3-6,8,13,19H,7H2,1-2H3,(H3-,22,24,25,27,30,32,34)/b26-12-/t13-,19-/m1/s1. The van der Waals surface area contributed by atoms with E-state index in [-0.39, 0.29) is 22.4 Å². The summed E-state index contributed by atoms with van der Waals surface area (Å²) in [6, 6.07) is 2.96. The maximum Gasteiger partial charge on any atom is 0.278 e. The predicted molar refractivity (Wildman–Crippen MR) is 141 cm³/mol. The molecule has 2 aliphatic rings. The molecular weight excluding hydrogens is 557 g/mol. The lowest BCUT2D eigenvalue weighted by atomic mass is 10.0. The fraction of sp³-hybridized carbons (Fsp3) is 0.238.